The normalized spacial score (nSPS) is 22.3. The van der Waals surface area contributed by atoms with Crippen LogP contribution in [0.4, 0.5) is 0 Å². The van der Waals surface area contributed by atoms with Crippen molar-refractivity contribution in [3.8, 4) is 0 Å². The Kier molecular flexibility index (Phi) is 5.78. The third-order valence-electron chi connectivity index (χ3n) is 5.31. The summed E-state index contributed by atoms with van der Waals surface area (Å²) in [5.74, 6) is 0.845. The highest BCUT2D eigenvalue weighted by Crippen LogP contribution is 2.43. The van der Waals surface area contributed by atoms with E-state index < -0.39 is 5.60 Å². The van der Waals surface area contributed by atoms with E-state index in [4.69, 9.17) is 0 Å². The van der Waals surface area contributed by atoms with Crippen LogP contribution in [0.15, 0.2) is 30.3 Å². The van der Waals surface area contributed by atoms with Crippen LogP contribution in [0.2, 0.25) is 0 Å². The molecule has 126 valence electrons. The maximum Gasteiger partial charge on any atom is 0.225 e. The molecule has 0 bridgehead atoms. The number of aliphatic hydroxyl groups is 1. The monoisotopic (exact) mass is 333 g/mol. The molecule has 1 aliphatic heterocycles. The lowest BCUT2D eigenvalue weighted by Gasteiger charge is -2.33. The molecular weight excluding hydrogens is 306 g/mol. The van der Waals surface area contributed by atoms with Gasteiger partial charge in [0, 0.05) is 12.3 Å². The third-order valence-corrected chi connectivity index (χ3v) is 6.27. The van der Waals surface area contributed by atoms with Gasteiger partial charge in [-0.05, 0) is 50.3 Å². The Morgan fingerprint density at radius 2 is 1.78 bits per heavy atom. The summed E-state index contributed by atoms with van der Waals surface area (Å²) in [7, 11) is 0. The van der Waals surface area contributed by atoms with Crippen LogP contribution in [-0.4, -0.2) is 40.5 Å². The molecule has 1 N–H and O–H groups in total. The molecule has 1 aromatic carbocycles. The molecule has 0 spiro atoms. The predicted molar refractivity (Wildman–Crippen MR) is 95.4 cm³/mol. The Bertz CT molecular complexity index is 509. The molecule has 1 unspecified atom stereocenters. The van der Waals surface area contributed by atoms with Crippen LogP contribution >= 0.6 is 11.8 Å². The zero-order valence-electron chi connectivity index (χ0n) is 13.7. The van der Waals surface area contributed by atoms with Crippen molar-refractivity contribution < 1.29 is 9.90 Å². The van der Waals surface area contributed by atoms with Gasteiger partial charge in [-0.1, -0.05) is 54.9 Å². The molecule has 3 rings (SSSR count). The first kappa shape index (κ1) is 17.0. The molecule has 1 aromatic rings. The average Bonchev–Trinajstić information content (AvgIpc) is 3.28. The second kappa shape index (κ2) is 7.82. The topological polar surface area (TPSA) is 40.5 Å². The second-order valence-corrected chi connectivity index (χ2v) is 7.87. The molecule has 3 nitrogen and oxygen atoms in total. The first-order valence-corrected chi connectivity index (χ1v) is 9.87. The van der Waals surface area contributed by atoms with Crippen LogP contribution in [0.25, 0.3) is 0 Å². The van der Waals surface area contributed by atoms with Crippen molar-refractivity contribution in [2.24, 2.45) is 5.92 Å². The lowest BCUT2D eigenvalue weighted by Crippen LogP contribution is -2.41. The highest BCUT2D eigenvalue weighted by molar-refractivity contribution is 8.13. The zero-order valence-corrected chi connectivity index (χ0v) is 14.6. The van der Waals surface area contributed by atoms with E-state index in [1.165, 1.54) is 24.6 Å². The summed E-state index contributed by atoms with van der Waals surface area (Å²) in [4.78, 5) is 15.3. The smallest absolute Gasteiger partial charge is 0.225 e. The van der Waals surface area contributed by atoms with E-state index in [2.05, 4.69) is 4.90 Å². The fourth-order valence-corrected chi connectivity index (χ4v) is 4.98. The van der Waals surface area contributed by atoms with Crippen molar-refractivity contribution in [2.45, 2.75) is 44.1 Å². The molecule has 4 heteroatoms. The average molecular weight is 333 g/mol. The van der Waals surface area contributed by atoms with Crippen LogP contribution in [0.1, 0.15) is 44.1 Å². The number of nitrogens with zero attached hydrogens (tertiary/aromatic N) is 1. The van der Waals surface area contributed by atoms with Gasteiger partial charge in [0.1, 0.15) is 0 Å². The first-order chi connectivity index (χ1) is 11.2. The fourth-order valence-electron chi connectivity index (χ4n) is 3.94. The minimum Gasteiger partial charge on any atom is -0.376 e. The van der Waals surface area contributed by atoms with E-state index in [1.807, 2.05) is 30.3 Å². The minimum atomic E-state index is -1.31. The van der Waals surface area contributed by atoms with Gasteiger partial charge in [-0.15, -0.1) is 0 Å². The lowest BCUT2D eigenvalue weighted by atomic mass is 9.81. The van der Waals surface area contributed by atoms with Crippen LogP contribution in [0, 0.1) is 5.92 Å². The van der Waals surface area contributed by atoms with Gasteiger partial charge in [0.15, 0.2) is 5.60 Å². The van der Waals surface area contributed by atoms with Gasteiger partial charge >= 0.3 is 0 Å². The van der Waals surface area contributed by atoms with Crippen LogP contribution in [-0.2, 0) is 10.4 Å². The number of hydrogen-bond donors (Lipinski definition) is 1. The number of carbonyl (C=O) groups excluding carboxylic acids is 1. The van der Waals surface area contributed by atoms with Crippen LogP contribution in [0.5, 0.6) is 0 Å². The quantitative estimate of drug-likeness (QED) is 0.866. The summed E-state index contributed by atoms with van der Waals surface area (Å²) in [5.41, 5.74) is -0.543. The van der Waals surface area contributed by atoms with Crippen molar-refractivity contribution in [3.63, 3.8) is 0 Å². The van der Waals surface area contributed by atoms with Gasteiger partial charge in [0.2, 0.25) is 5.12 Å². The minimum absolute atomic E-state index is 0.0604. The molecule has 0 aromatic heterocycles. The summed E-state index contributed by atoms with van der Waals surface area (Å²) >= 11 is 1.32. The van der Waals surface area contributed by atoms with E-state index in [0.29, 0.717) is 0 Å². The highest BCUT2D eigenvalue weighted by atomic mass is 32.2. The van der Waals surface area contributed by atoms with E-state index in [-0.39, 0.29) is 11.0 Å². The number of likely N-dealkylation sites (tertiary alicyclic amines) is 1. The Labute approximate surface area is 143 Å². The Hall–Kier alpha value is -0.840. The largest absolute Gasteiger partial charge is 0.376 e. The summed E-state index contributed by atoms with van der Waals surface area (Å²) in [6, 6.07) is 9.56. The molecule has 0 radical (unpaired) electrons. The molecule has 1 heterocycles. The zero-order chi connectivity index (χ0) is 16.1. The summed E-state index contributed by atoms with van der Waals surface area (Å²) in [5, 5.41) is 11.3. The van der Waals surface area contributed by atoms with Crippen molar-refractivity contribution in [1.82, 2.24) is 4.90 Å². The van der Waals surface area contributed by atoms with E-state index in [9.17, 15) is 9.90 Å². The maximum absolute atomic E-state index is 12.9. The summed E-state index contributed by atoms with van der Waals surface area (Å²) in [6.07, 6.45) is 6.67. The van der Waals surface area contributed by atoms with E-state index in [0.717, 1.165) is 56.6 Å². The van der Waals surface area contributed by atoms with E-state index >= 15 is 0 Å². The SMILES string of the molecule is O=C(SCCN1CCCC1)C(O)(c1ccccc1)C1CCCC1. The molecule has 1 saturated carbocycles. The Morgan fingerprint density at radius 1 is 1.13 bits per heavy atom. The van der Waals surface area contributed by atoms with Gasteiger partial charge in [-0.25, -0.2) is 0 Å². The lowest BCUT2D eigenvalue weighted by molar-refractivity contribution is -0.134. The van der Waals surface area contributed by atoms with Crippen molar-refractivity contribution in [1.29, 1.82) is 0 Å². The van der Waals surface area contributed by atoms with Gasteiger partial charge < -0.3 is 10.0 Å². The van der Waals surface area contributed by atoms with Crippen molar-refractivity contribution >= 4 is 16.9 Å². The van der Waals surface area contributed by atoms with Gasteiger partial charge in [0.05, 0.1) is 0 Å². The Balaban J connectivity index is 1.68. The maximum atomic E-state index is 12.9. The van der Waals surface area contributed by atoms with Crippen molar-refractivity contribution in [3.05, 3.63) is 35.9 Å². The Morgan fingerprint density at radius 3 is 2.43 bits per heavy atom. The predicted octanol–water partition coefficient (Wildman–Crippen LogP) is 3.42. The highest BCUT2D eigenvalue weighted by Gasteiger charge is 2.46. The summed E-state index contributed by atoms with van der Waals surface area (Å²) < 4.78 is 0. The standard InChI is InChI=1S/C19H27NO2S/c21-18(23-15-14-20-12-6-7-13-20)19(22,17-10-4-5-11-17)16-8-2-1-3-9-16/h1-3,8-9,17,22H,4-7,10-15H2. The van der Waals surface area contributed by atoms with Crippen molar-refractivity contribution in [2.75, 3.05) is 25.4 Å². The summed E-state index contributed by atoms with van der Waals surface area (Å²) in [6.45, 7) is 3.26. The number of carbonyl (C=O) groups is 1. The molecule has 23 heavy (non-hydrogen) atoms. The molecule has 1 aliphatic carbocycles. The number of thioether (sulfide) groups is 1. The molecule has 0 amide bonds. The van der Waals surface area contributed by atoms with Gasteiger partial charge in [0.25, 0.3) is 0 Å². The number of rotatable bonds is 6. The van der Waals surface area contributed by atoms with E-state index in [1.54, 1.807) is 0 Å². The third kappa shape index (κ3) is 3.81. The van der Waals surface area contributed by atoms with Gasteiger partial charge in [-0.2, -0.15) is 0 Å². The molecule has 2 aliphatic rings. The second-order valence-electron chi connectivity index (χ2n) is 6.80. The van der Waals surface area contributed by atoms with Gasteiger partial charge in [-0.3, -0.25) is 4.79 Å². The molecule has 1 atom stereocenters. The number of hydrogen-bond acceptors (Lipinski definition) is 4. The molecular formula is C19H27NO2S. The van der Waals surface area contributed by atoms with Crippen LogP contribution in [0.3, 0.4) is 0 Å². The molecule has 2 fully saturated rings. The first-order valence-electron chi connectivity index (χ1n) is 8.89. The molecule has 1 saturated heterocycles. The number of benzene rings is 1. The fraction of sp³-hybridized carbons (Fsp3) is 0.632. The van der Waals surface area contributed by atoms with Crippen LogP contribution < -0.4 is 0 Å².